The second kappa shape index (κ2) is 3.80. The van der Waals surface area contributed by atoms with Crippen molar-refractivity contribution in [1.82, 2.24) is 0 Å². The molecule has 14 heavy (non-hydrogen) atoms. The average Bonchev–Trinajstić information content (AvgIpc) is 2.39. The third kappa shape index (κ3) is 1.63. The monoisotopic (exact) mass is 191 g/mol. The summed E-state index contributed by atoms with van der Waals surface area (Å²) in [7, 11) is 0. The van der Waals surface area contributed by atoms with Gasteiger partial charge in [0.2, 0.25) is 5.91 Å². The van der Waals surface area contributed by atoms with Gasteiger partial charge < -0.3 is 9.64 Å². The molecule has 0 fully saturated rings. The van der Waals surface area contributed by atoms with Gasteiger partial charge in [-0.05, 0) is 6.07 Å². The lowest BCUT2D eigenvalue weighted by atomic mass is 10.1. The van der Waals surface area contributed by atoms with Crippen molar-refractivity contribution >= 4 is 11.6 Å². The molecule has 0 atom stereocenters. The van der Waals surface area contributed by atoms with Crippen LogP contribution in [0.5, 0.6) is 0 Å². The summed E-state index contributed by atoms with van der Waals surface area (Å²) in [6.45, 7) is 3.43. The van der Waals surface area contributed by atoms with Gasteiger partial charge in [-0.15, -0.1) is 0 Å². The molecule has 0 spiro atoms. The van der Waals surface area contributed by atoms with Gasteiger partial charge in [0.15, 0.2) is 0 Å². The van der Waals surface area contributed by atoms with E-state index in [4.69, 9.17) is 4.74 Å². The molecule has 1 heterocycles. The summed E-state index contributed by atoms with van der Waals surface area (Å²) >= 11 is 0. The highest BCUT2D eigenvalue weighted by atomic mass is 16.5. The maximum atomic E-state index is 11.4. The highest BCUT2D eigenvalue weighted by Crippen LogP contribution is 2.23. The van der Waals surface area contributed by atoms with Crippen LogP contribution in [0.15, 0.2) is 24.3 Å². The lowest BCUT2D eigenvalue weighted by Crippen LogP contribution is -2.30. The fraction of sp³-hybridized carbons (Fsp3) is 0.364. The number of para-hydroxylation sites is 1. The largest absolute Gasteiger partial charge is 0.375 e. The van der Waals surface area contributed by atoms with E-state index in [-0.39, 0.29) is 5.91 Å². The number of fused-ring (bicyclic) bond motifs is 1. The minimum Gasteiger partial charge on any atom is -0.375 e. The Morgan fingerprint density at radius 3 is 3.00 bits per heavy atom. The van der Waals surface area contributed by atoms with Crippen LogP contribution >= 0.6 is 0 Å². The van der Waals surface area contributed by atoms with Gasteiger partial charge in [-0.3, -0.25) is 4.79 Å². The van der Waals surface area contributed by atoms with Crippen molar-refractivity contribution in [1.29, 1.82) is 0 Å². The summed E-state index contributed by atoms with van der Waals surface area (Å²) in [6.07, 6.45) is 0. The standard InChI is InChI=1S/C11H13NO2/c1-9(13)12-6-7-14-8-10-4-2-3-5-11(10)12/h2-5H,6-8H2,1H3. The van der Waals surface area contributed by atoms with Crippen LogP contribution in [0.25, 0.3) is 0 Å². The summed E-state index contributed by atoms with van der Waals surface area (Å²) in [5, 5.41) is 0. The van der Waals surface area contributed by atoms with Crippen LogP contribution in [0.3, 0.4) is 0 Å². The first kappa shape index (κ1) is 9.21. The van der Waals surface area contributed by atoms with Crippen molar-refractivity contribution in [2.24, 2.45) is 0 Å². The van der Waals surface area contributed by atoms with Gasteiger partial charge in [0, 0.05) is 24.7 Å². The molecular weight excluding hydrogens is 178 g/mol. The van der Waals surface area contributed by atoms with E-state index in [1.807, 2.05) is 24.3 Å². The number of benzene rings is 1. The SMILES string of the molecule is CC(=O)N1CCOCc2ccccc21. The molecule has 3 heteroatoms. The highest BCUT2D eigenvalue weighted by Gasteiger charge is 2.17. The van der Waals surface area contributed by atoms with Crippen molar-refractivity contribution in [3.63, 3.8) is 0 Å². The number of anilines is 1. The van der Waals surface area contributed by atoms with E-state index in [1.54, 1.807) is 11.8 Å². The number of hydrogen-bond acceptors (Lipinski definition) is 2. The fourth-order valence-corrected chi connectivity index (χ4v) is 1.68. The van der Waals surface area contributed by atoms with Crippen LogP contribution < -0.4 is 4.90 Å². The first-order chi connectivity index (χ1) is 6.79. The zero-order valence-corrected chi connectivity index (χ0v) is 8.19. The van der Waals surface area contributed by atoms with Crippen molar-refractivity contribution < 1.29 is 9.53 Å². The molecule has 0 N–H and O–H groups in total. The van der Waals surface area contributed by atoms with Gasteiger partial charge in [0.1, 0.15) is 0 Å². The molecule has 0 aliphatic carbocycles. The van der Waals surface area contributed by atoms with E-state index in [1.165, 1.54) is 0 Å². The lowest BCUT2D eigenvalue weighted by Gasteiger charge is -2.19. The van der Waals surface area contributed by atoms with Gasteiger partial charge in [-0.2, -0.15) is 0 Å². The Labute approximate surface area is 83.3 Å². The zero-order chi connectivity index (χ0) is 9.97. The second-order valence-corrected chi connectivity index (χ2v) is 3.35. The van der Waals surface area contributed by atoms with Gasteiger partial charge in [0.05, 0.1) is 13.2 Å². The number of ether oxygens (including phenoxy) is 1. The Bertz CT molecular complexity index is 349. The maximum Gasteiger partial charge on any atom is 0.223 e. The summed E-state index contributed by atoms with van der Waals surface area (Å²) < 4.78 is 5.41. The van der Waals surface area contributed by atoms with E-state index in [0.29, 0.717) is 19.8 Å². The lowest BCUT2D eigenvalue weighted by molar-refractivity contribution is -0.116. The molecule has 2 rings (SSSR count). The minimum atomic E-state index is 0.0722. The predicted molar refractivity (Wildman–Crippen MR) is 54.1 cm³/mol. The van der Waals surface area contributed by atoms with Crippen molar-refractivity contribution in [3.8, 4) is 0 Å². The quantitative estimate of drug-likeness (QED) is 0.623. The molecule has 0 radical (unpaired) electrons. The molecule has 1 amide bonds. The number of nitrogens with zero attached hydrogens (tertiary/aromatic N) is 1. The molecule has 0 unspecified atom stereocenters. The third-order valence-corrected chi connectivity index (χ3v) is 2.38. The Hall–Kier alpha value is -1.35. The third-order valence-electron chi connectivity index (χ3n) is 2.38. The van der Waals surface area contributed by atoms with E-state index < -0.39 is 0 Å². The van der Waals surface area contributed by atoms with Gasteiger partial charge in [0.25, 0.3) is 0 Å². The normalized spacial score (nSPS) is 15.9. The molecule has 0 saturated heterocycles. The summed E-state index contributed by atoms with van der Waals surface area (Å²) in [4.78, 5) is 13.2. The molecule has 0 aromatic heterocycles. The number of carbonyl (C=O) groups is 1. The molecule has 1 aromatic carbocycles. The van der Waals surface area contributed by atoms with E-state index in [2.05, 4.69) is 0 Å². The van der Waals surface area contributed by atoms with Crippen molar-refractivity contribution in [3.05, 3.63) is 29.8 Å². The van der Waals surface area contributed by atoms with E-state index in [9.17, 15) is 4.79 Å². The predicted octanol–water partition coefficient (Wildman–Crippen LogP) is 1.57. The fourth-order valence-electron chi connectivity index (χ4n) is 1.68. The summed E-state index contributed by atoms with van der Waals surface area (Å²) in [5.74, 6) is 0.0722. The smallest absolute Gasteiger partial charge is 0.223 e. The molecule has 1 aromatic rings. The molecule has 1 aliphatic rings. The Morgan fingerprint density at radius 1 is 1.43 bits per heavy atom. The molecule has 1 aliphatic heterocycles. The zero-order valence-electron chi connectivity index (χ0n) is 8.19. The number of amides is 1. The van der Waals surface area contributed by atoms with Gasteiger partial charge in [-0.25, -0.2) is 0 Å². The molecular formula is C11H13NO2. The second-order valence-electron chi connectivity index (χ2n) is 3.35. The minimum absolute atomic E-state index is 0.0722. The summed E-state index contributed by atoms with van der Waals surface area (Å²) in [5.41, 5.74) is 2.07. The first-order valence-electron chi connectivity index (χ1n) is 4.73. The van der Waals surface area contributed by atoms with Crippen LogP contribution in [0.2, 0.25) is 0 Å². The van der Waals surface area contributed by atoms with E-state index in [0.717, 1.165) is 11.3 Å². The van der Waals surface area contributed by atoms with Gasteiger partial charge >= 0.3 is 0 Å². The molecule has 0 bridgehead atoms. The molecule has 3 nitrogen and oxygen atoms in total. The van der Waals surface area contributed by atoms with E-state index >= 15 is 0 Å². The van der Waals surface area contributed by atoms with Crippen LogP contribution in [-0.2, 0) is 16.1 Å². The van der Waals surface area contributed by atoms with Crippen LogP contribution in [0.1, 0.15) is 12.5 Å². The topological polar surface area (TPSA) is 29.5 Å². The Kier molecular flexibility index (Phi) is 2.50. The van der Waals surface area contributed by atoms with Crippen LogP contribution in [-0.4, -0.2) is 19.1 Å². The van der Waals surface area contributed by atoms with Crippen molar-refractivity contribution in [2.45, 2.75) is 13.5 Å². The Balaban J connectivity index is 2.42. The number of hydrogen-bond donors (Lipinski definition) is 0. The molecule has 0 saturated carbocycles. The first-order valence-corrected chi connectivity index (χ1v) is 4.73. The number of rotatable bonds is 0. The van der Waals surface area contributed by atoms with Crippen LogP contribution in [0, 0.1) is 0 Å². The van der Waals surface area contributed by atoms with Crippen LogP contribution in [0.4, 0.5) is 5.69 Å². The van der Waals surface area contributed by atoms with Gasteiger partial charge in [-0.1, -0.05) is 18.2 Å². The summed E-state index contributed by atoms with van der Waals surface area (Å²) in [6, 6.07) is 7.87. The van der Waals surface area contributed by atoms with Crippen molar-refractivity contribution in [2.75, 3.05) is 18.1 Å². The average molecular weight is 191 g/mol. The number of carbonyl (C=O) groups excluding carboxylic acids is 1. The maximum absolute atomic E-state index is 11.4. The molecule has 74 valence electrons. The highest BCUT2D eigenvalue weighted by molar-refractivity contribution is 5.92. The Morgan fingerprint density at radius 2 is 2.21 bits per heavy atom.